The van der Waals surface area contributed by atoms with E-state index in [2.05, 4.69) is 0 Å². The first-order valence-corrected chi connectivity index (χ1v) is 9.63. The molecule has 0 saturated carbocycles. The normalized spacial score (nSPS) is 16.8. The summed E-state index contributed by atoms with van der Waals surface area (Å²) in [4.78, 5) is 29.4. The minimum absolute atomic E-state index is 0.0407. The van der Waals surface area contributed by atoms with Crippen molar-refractivity contribution in [1.29, 1.82) is 0 Å². The van der Waals surface area contributed by atoms with Crippen LogP contribution in [0.1, 0.15) is 35.5 Å². The molecule has 0 bridgehead atoms. The molecule has 2 aromatic rings. The van der Waals surface area contributed by atoms with E-state index in [-0.39, 0.29) is 11.3 Å². The zero-order valence-corrected chi connectivity index (χ0v) is 16.9. The van der Waals surface area contributed by atoms with Gasteiger partial charge in [-0.15, -0.1) is 0 Å². The molecule has 1 unspecified atom stereocenters. The maximum absolute atomic E-state index is 13.0. The molecule has 1 aromatic heterocycles. The van der Waals surface area contributed by atoms with Gasteiger partial charge in [0.1, 0.15) is 5.75 Å². The predicted octanol–water partition coefficient (Wildman–Crippen LogP) is 3.21. The Morgan fingerprint density at radius 1 is 1.24 bits per heavy atom. The van der Waals surface area contributed by atoms with Crippen LogP contribution in [0.4, 0.5) is 0 Å². The van der Waals surface area contributed by atoms with E-state index in [0.29, 0.717) is 25.3 Å². The number of nitrogens with zero attached hydrogens (tertiary/aromatic N) is 2. The molecule has 0 aliphatic carbocycles. The number of rotatable bonds is 9. The van der Waals surface area contributed by atoms with Crippen LogP contribution in [0, 0.1) is 0 Å². The lowest BCUT2D eigenvalue weighted by Crippen LogP contribution is -2.33. The van der Waals surface area contributed by atoms with Gasteiger partial charge in [0.25, 0.3) is 5.91 Å². The fourth-order valence-corrected chi connectivity index (χ4v) is 3.47. The lowest BCUT2D eigenvalue weighted by molar-refractivity contribution is -0.129. The third kappa shape index (κ3) is 4.35. The number of amides is 1. The first-order chi connectivity index (χ1) is 13.9. The summed E-state index contributed by atoms with van der Waals surface area (Å²) in [6.07, 6.45) is 2.10. The Morgan fingerprint density at radius 3 is 2.55 bits per heavy atom. The van der Waals surface area contributed by atoms with Gasteiger partial charge in [-0.3, -0.25) is 9.59 Å². The summed E-state index contributed by atoms with van der Waals surface area (Å²) >= 11 is 0. The Bertz CT molecular complexity index is 884. The summed E-state index contributed by atoms with van der Waals surface area (Å²) in [7, 11) is 3.91. The van der Waals surface area contributed by atoms with Crippen LogP contribution in [0.5, 0.6) is 5.75 Å². The van der Waals surface area contributed by atoms with E-state index < -0.39 is 23.5 Å². The molecule has 1 N–H and O–H groups in total. The molecule has 1 atom stereocenters. The van der Waals surface area contributed by atoms with Gasteiger partial charge in [0, 0.05) is 6.54 Å². The number of Topliss-reactive ketones (excluding diaryl/α,β-unsaturated/α-hetero) is 1. The molecule has 1 aliphatic heterocycles. The van der Waals surface area contributed by atoms with Crippen LogP contribution in [0.25, 0.3) is 0 Å². The Kier molecular flexibility index (Phi) is 6.39. The Balaban J connectivity index is 1.97. The fraction of sp³-hybridized carbons (Fsp3) is 0.364. The molecular weight excluding hydrogens is 372 g/mol. The van der Waals surface area contributed by atoms with Gasteiger partial charge in [-0.05, 0) is 63.8 Å². The van der Waals surface area contributed by atoms with Crippen LogP contribution in [0.2, 0.25) is 0 Å². The molecule has 1 aromatic carbocycles. The van der Waals surface area contributed by atoms with E-state index in [1.807, 2.05) is 38.1 Å². The van der Waals surface area contributed by atoms with E-state index >= 15 is 0 Å². The predicted molar refractivity (Wildman–Crippen MR) is 108 cm³/mol. The largest absolute Gasteiger partial charge is 0.503 e. The van der Waals surface area contributed by atoms with E-state index in [1.54, 1.807) is 23.1 Å². The standard InChI is InChI=1S/C22H26N2O5/c1-4-28-16-10-8-15(9-11-16)19-18(20(25)17-7-5-14-29-17)21(26)22(27)24(19)13-6-12-23(2)3/h5,7-11,14,19,26H,4,6,12-13H2,1-3H3. The highest BCUT2D eigenvalue weighted by Gasteiger charge is 2.44. The molecule has 0 saturated heterocycles. The number of furan rings is 1. The molecule has 1 amide bonds. The van der Waals surface area contributed by atoms with Gasteiger partial charge >= 0.3 is 0 Å². The van der Waals surface area contributed by atoms with Gasteiger partial charge in [0.2, 0.25) is 5.78 Å². The number of benzene rings is 1. The third-order valence-corrected chi connectivity index (χ3v) is 4.80. The maximum Gasteiger partial charge on any atom is 0.290 e. The summed E-state index contributed by atoms with van der Waals surface area (Å²) in [5, 5.41) is 10.6. The highest BCUT2D eigenvalue weighted by atomic mass is 16.5. The van der Waals surface area contributed by atoms with Crippen molar-refractivity contribution in [2.24, 2.45) is 0 Å². The zero-order chi connectivity index (χ0) is 21.0. The van der Waals surface area contributed by atoms with Crippen LogP contribution >= 0.6 is 0 Å². The van der Waals surface area contributed by atoms with Gasteiger partial charge < -0.3 is 24.1 Å². The van der Waals surface area contributed by atoms with Crippen LogP contribution < -0.4 is 4.74 Å². The van der Waals surface area contributed by atoms with Gasteiger partial charge in [0.15, 0.2) is 11.5 Å². The van der Waals surface area contributed by atoms with Crippen LogP contribution in [-0.4, -0.2) is 60.4 Å². The van der Waals surface area contributed by atoms with E-state index in [0.717, 1.165) is 12.1 Å². The van der Waals surface area contributed by atoms with Crippen molar-refractivity contribution < 1.29 is 23.8 Å². The number of carbonyl (C=O) groups excluding carboxylic acids is 2. The zero-order valence-electron chi connectivity index (χ0n) is 16.9. The second kappa shape index (κ2) is 8.96. The number of ether oxygens (including phenoxy) is 1. The average molecular weight is 398 g/mol. The fourth-order valence-electron chi connectivity index (χ4n) is 3.47. The quantitative estimate of drug-likeness (QED) is 0.653. The lowest BCUT2D eigenvalue weighted by atomic mass is 9.95. The molecule has 0 radical (unpaired) electrons. The topological polar surface area (TPSA) is 83.2 Å². The second-order valence-corrected chi connectivity index (χ2v) is 7.13. The molecule has 154 valence electrons. The summed E-state index contributed by atoms with van der Waals surface area (Å²) in [6, 6.07) is 9.67. The molecule has 3 rings (SSSR count). The van der Waals surface area contributed by atoms with Crippen molar-refractivity contribution in [3.8, 4) is 5.75 Å². The molecule has 29 heavy (non-hydrogen) atoms. The van der Waals surface area contributed by atoms with Crippen molar-refractivity contribution in [2.75, 3.05) is 33.8 Å². The third-order valence-electron chi connectivity index (χ3n) is 4.80. The van der Waals surface area contributed by atoms with Crippen LogP contribution in [-0.2, 0) is 4.79 Å². The number of ketones is 1. The number of aliphatic hydroxyl groups is 1. The number of carbonyl (C=O) groups is 2. The van der Waals surface area contributed by atoms with Gasteiger partial charge in [0.05, 0.1) is 24.5 Å². The van der Waals surface area contributed by atoms with Crippen molar-refractivity contribution in [1.82, 2.24) is 9.80 Å². The van der Waals surface area contributed by atoms with E-state index in [4.69, 9.17) is 9.15 Å². The first-order valence-electron chi connectivity index (χ1n) is 9.63. The van der Waals surface area contributed by atoms with Crippen LogP contribution in [0.3, 0.4) is 0 Å². The number of hydrogen-bond donors (Lipinski definition) is 1. The SMILES string of the molecule is CCOc1ccc(C2C(C(=O)c3ccco3)=C(O)C(=O)N2CCCN(C)C)cc1. The van der Waals surface area contributed by atoms with Gasteiger partial charge in [-0.1, -0.05) is 12.1 Å². The number of aliphatic hydroxyl groups excluding tert-OH is 1. The van der Waals surface area contributed by atoms with Gasteiger partial charge in [-0.25, -0.2) is 0 Å². The lowest BCUT2D eigenvalue weighted by Gasteiger charge is -2.27. The molecule has 2 heterocycles. The van der Waals surface area contributed by atoms with Crippen molar-refractivity contribution in [3.63, 3.8) is 0 Å². The molecule has 1 aliphatic rings. The minimum atomic E-state index is -0.682. The van der Waals surface area contributed by atoms with E-state index in [9.17, 15) is 14.7 Å². The van der Waals surface area contributed by atoms with Gasteiger partial charge in [-0.2, -0.15) is 0 Å². The highest BCUT2D eigenvalue weighted by molar-refractivity contribution is 6.15. The Labute approximate surface area is 170 Å². The monoisotopic (exact) mass is 398 g/mol. The molecular formula is C22H26N2O5. The van der Waals surface area contributed by atoms with E-state index in [1.165, 1.54) is 12.3 Å². The summed E-state index contributed by atoms with van der Waals surface area (Å²) in [5.41, 5.74) is 0.768. The minimum Gasteiger partial charge on any atom is -0.503 e. The Morgan fingerprint density at radius 2 is 1.97 bits per heavy atom. The second-order valence-electron chi connectivity index (χ2n) is 7.13. The van der Waals surface area contributed by atoms with Crippen molar-refractivity contribution >= 4 is 11.7 Å². The summed E-state index contributed by atoms with van der Waals surface area (Å²) < 4.78 is 10.7. The van der Waals surface area contributed by atoms with Crippen LogP contribution in [0.15, 0.2) is 58.4 Å². The average Bonchev–Trinajstić information content (AvgIpc) is 3.31. The summed E-state index contributed by atoms with van der Waals surface area (Å²) in [5.74, 6) is -0.764. The maximum atomic E-state index is 13.0. The first kappa shape index (κ1) is 20.7. The van der Waals surface area contributed by atoms with Crippen molar-refractivity contribution in [2.45, 2.75) is 19.4 Å². The molecule has 7 heteroatoms. The van der Waals surface area contributed by atoms with Crippen molar-refractivity contribution in [3.05, 3.63) is 65.3 Å². The molecule has 0 fully saturated rings. The summed E-state index contributed by atoms with van der Waals surface area (Å²) in [6.45, 7) is 3.63. The molecule has 0 spiro atoms. The number of hydrogen-bond acceptors (Lipinski definition) is 6. The highest BCUT2D eigenvalue weighted by Crippen LogP contribution is 2.39. The smallest absolute Gasteiger partial charge is 0.290 e. The Hall–Kier alpha value is -3.06. The molecule has 7 nitrogen and oxygen atoms in total.